The van der Waals surface area contributed by atoms with Crippen molar-refractivity contribution in [1.29, 1.82) is 0 Å². The molecule has 4 nitrogen and oxygen atoms in total. The van der Waals surface area contributed by atoms with Crippen LogP contribution in [0.5, 0.6) is 5.75 Å². The standard InChI is InChI=1S/C17H26N2O2/c1-4-9-21-16-11-12(2)5-6-14(16)19-17(20)15-10-13(3)7-8-18-15/h5-6,11,13,15,18H,4,7-10H2,1-3H3,(H,19,20). The van der Waals surface area contributed by atoms with E-state index < -0.39 is 0 Å². The van der Waals surface area contributed by atoms with Gasteiger partial charge in [-0.1, -0.05) is 19.9 Å². The Bertz CT molecular complexity index is 488. The maximum absolute atomic E-state index is 12.4. The fourth-order valence-electron chi connectivity index (χ4n) is 2.59. The molecule has 1 aromatic carbocycles. The van der Waals surface area contributed by atoms with Gasteiger partial charge in [0.2, 0.25) is 5.91 Å². The molecule has 1 aliphatic rings. The molecule has 0 saturated carbocycles. The minimum absolute atomic E-state index is 0.0340. The Labute approximate surface area is 127 Å². The molecule has 0 radical (unpaired) electrons. The Kier molecular flexibility index (Phi) is 5.62. The normalized spacial score (nSPS) is 21.9. The van der Waals surface area contributed by atoms with Crippen LogP contribution in [0.4, 0.5) is 5.69 Å². The van der Waals surface area contributed by atoms with E-state index in [1.807, 2.05) is 25.1 Å². The molecule has 2 atom stereocenters. The van der Waals surface area contributed by atoms with Gasteiger partial charge < -0.3 is 15.4 Å². The molecule has 1 amide bonds. The van der Waals surface area contributed by atoms with Crippen LogP contribution in [0.15, 0.2) is 18.2 Å². The van der Waals surface area contributed by atoms with Crippen molar-refractivity contribution in [3.63, 3.8) is 0 Å². The van der Waals surface area contributed by atoms with Crippen LogP contribution in [0.25, 0.3) is 0 Å². The van der Waals surface area contributed by atoms with Crippen molar-refractivity contribution in [2.45, 2.75) is 46.1 Å². The lowest BCUT2D eigenvalue weighted by Crippen LogP contribution is -2.45. The van der Waals surface area contributed by atoms with Crippen LogP contribution < -0.4 is 15.4 Å². The Balaban J connectivity index is 2.05. The van der Waals surface area contributed by atoms with Crippen molar-refractivity contribution in [2.24, 2.45) is 5.92 Å². The fraction of sp³-hybridized carbons (Fsp3) is 0.588. The zero-order valence-corrected chi connectivity index (χ0v) is 13.2. The first-order valence-corrected chi connectivity index (χ1v) is 7.88. The predicted octanol–water partition coefficient (Wildman–Crippen LogP) is 3.11. The molecule has 1 aliphatic heterocycles. The van der Waals surface area contributed by atoms with Crippen molar-refractivity contribution in [2.75, 3.05) is 18.5 Å². The van der Waals surface area contributed by atoms with Crippen LogP contribution in [0, 0.1) is 12.8 Å². The highest BCUT2D eigenvalue weighted by atomic mass is 16.5. The van der Waals surface area contributed by atoms with Crippen molar-refractivity contribution >= 4 is 11.6 Å². The zero-order valence-electron chi connectivity index (χ0n) is 13.2. The number of piperidine rings is 1. The molecule has 0 spiro atoms. The van der Waals surface area contributed by atoms with Crippen LogP contribution >= 0.6 is 0 Å². The first-order valence-electron chi connectivity index (χ1n) is 7.88. The number of ether oxygens (including phenoxy) is 1. The van der Waals surface area contributed by atoms with E-state index in [4.69, 9.17) is 4.74 Å². The largest absolute Gasteiger partial charge is 0.491 e. The number of carbonyl (C=O) groups is 1. The van der Waals surface area contributed by atoms with Gasteiger partial charge in [0.15, 0.2) is 0 Å². The predicted molar refractivity (Wildman–Crippen MR) is 85.8 cm³/mol. The molecule has 0 aliphatic carbocycles. The molecule has 4 heteroatoms. The van der Waals surface area contributed by atoms with E-state index in [0.717, 1.165) is 42.8 Å². The van der Waals surface area contributed by atoms with Crippen molar-refractivity contribution in [1.82, 2.24) is 5.32 Å². The van der Waals surface area contributed by atoms with E-state index in [0.29, 0.717) is 12.5 Å². The van der Waals surface area contributed by atoms with E-state index in [9.17, 15) is 4.79 Å². The van der Waals surface area contributed by atoms with E-state index in [1.54, 1.807) is 0 Å². The molecule has 1 aromatic rings. The summed E-state index contributed by atoms with van der Waals surface area (Å²) in [5, 5.41) is 6.30. The second kappa shape index (κ2) is 7.46. The lowest BCUT2D eigenvalue weighted by atomic mass is 9.94. The quantitative estimate of drug-likeness (QED) is 0.876. The summed E-state index contributed by atoms with van der Waals surface area (Å²) in [7, 11) is 0. The van der Waals surface area contributed by atoms with Gasteiger partial charge in [-0.2, -0.15) is 0 Å². The first kappa shape index (κ1) is 15.8. The smallest absolute Gasteiger partial charge is 0.241 e. The van der Waals surface area contributed by atoms with E-state index in [-0.39, 0.29) is 11.9 Å². The summed E-state index contributed by atoms with van der Waals surface area (Å²) in [5.41, 5.74) is 1.89. The molecule has 1 fully saturated rings. The average molecular weight is 290 g/mol. The lowest BCUT2D eigenvalue weighted by molar-refractivity contribution is -0.119. The van der Waals surface area contributed by atoms with Gasteiger partial charge in [0.1, 0.15) is 5.75 Å². The summed E-state index contributed by atoms with van der Waals surface area (Å²) in [4.78, 5) is 12.4. The molecule has 2 unspecified atom stereocenters. The van der Waals surface area contributed by atoms with Gasteiger partial charge in [0, 0.05) is 0 Å². The number of rotatable bonds is 5. The molecule has 21 heavy (non-hydrogen) atoms. The molecule has 116 valence electrons. The second-order valence-electron chi connectivity index (χ2n) is 5.97. The Morgan fingerprint density at radius 1 is 1.48 bits per heavy atom. The summed E-state index contributed by atoms with van der Waals surface area (Å²) in [5.74, 6) is 1.39. The Morgan fingerprint density at radius 3 is 3.00 bits per heavy atom. The topological polar surface area (TPSA) is 50.4 Å². The van der Waals surface area contributed by atoms with Gasteiger partial charge in [-0.15, -0.1) is 0 Å². The minimum atomic E-state index is -0.103. The van der Waals surface area contributed by atoms with Crippen LogP contribution in [0.1, 0.15) is 38.7 Å². The van der Waals surface area contributed by atoms with Gasteiger partial charge in [-0.3, -0.25) is 4.79 Å². The average Bonchev–Trinajstić information content (AvgIpc) is 2.47. The lowest BCUT2D eigenvalue weighted by Gasteiger charge is -2.27. The zero-order chi connectivity index (χ0) is 15.2. The molecular weight excluding hydrogens is 264 g/mol. The monoisotopic (exact) mass is 290 g/mol. The molecule has 2 rings (SSSR count). The Morgan fingerprint density at radius 2 is 2.29 bits per heavy atom. The number of anilines is 1. The summed E-state index contributed by atoms with van der Waals surface area (Å²) in [6.45, 7) is 7.86. The van der Waals surface area contributed by atoms with E-state index >= 15 is 0 Å². The van der Waals surface area contributed by atoms with E-state index in [1.165, 1.54) is 0 Å². The molecule has 1 saturated heterocycles. The number of amides is 1. The number of nitrogens with one attached hydrogen (secondary N) is 2. The van der Waals surface area contributed by atoms with Gasteiger partial charge in [0.05, 0.1) is 18.3 Å². The number of benzene rings is 1. The third kappa shape index (κ3) is 4.46. The highest BCUT2D eigenvalue weighted by Gasteiger charge is 2.25. The van der Waals surface area contributed by atoms with Crippen LogP contribution in [-0.2, 0) is 4.79 Å². The van der Waals surface area contributed by atoms with Crippen molar-refractivity contribution in [3.05, 3.63) is 23.8 Å². The molecule has 2 N–H and O–H groups in total. The summed E-state index contributed by atoms with van der Waals surface area (Å²) in [6, 6.07) is 5.78. The van der Waals surface area contributed by atoms with Crippen LogP contribution in [0.2, 0.25) is 0 Å². The first-order chi connectivity index (χ1) is 10.1. The second-order valence-corrected chi connectivity index (χ2v) is 5.97. The maximum Gasteiger partial charge on any atom is 0.241 e. The van der Waals surface area contributed by atoms with Crippen LogP contribution in [0.3, 0.4) is 0 Å². The fourth-order valence-corrected chi connectivity index (χ4v) is 2.59. The summed E-state index contributed by atoms with van der Waals surface area (Å²) < 4.78 is 5.74. The molecule has 0 aromatic heterocycles. The number of aryl methyl sites for hydroxylation is 1. The third-order valence-electron chi connectivity index (χ3n) is 3.84. The number of carbonyl (C=O) groups excluding carboxylic acids is 1. The van der Waals surface area contributed by atoms with Gasteiger partial charge in [-0.25, -0.2) is 0 Å². The van der Waals surface area contributed by atoms with Crippen LogP contribution in [-0.4, -0.2) is 25.1 Å². The number of hydrogen-bond donors (Lipinski definition) is 2. The molecule has 0 bridgehead atoms. The summed E-state index contributed by atoms with van der Waals surface area (Å²) >= 11 is 0. The SMILES string of the molecule is CCCOc1cc(C)ccc1NC(=O)C1CC(C)CCN1. The highest BCUT2D eigenvalue weighted by Crippen LogP contribution is 2.27. The number of hydrogen-bond acceptors (Lipinski definition) is 3. The highest BCUT2D eigenvalue weighted by molar-refractivity contribution is 5.96. The maximum atomic E-state index is 12.4. The Hall–Kier alpha value is -1.55. The van der Waals surface area contributed by atoms with Gasteiger partial charge >= 0.3 is 0 Å². The van der Waals surface area contributed by atoms with Crippen molar-refractivity contribution < 1.29 is 9.53 Å². The molecular formula is C17H26N2O2. The van der Waals surface area contributed by atoms with Crippen molar-refractivity contribution in [3.8, 4) is 5.75 Å². The minimum Gasteiger partial charge on any atom is -0.491 e. The molecule has 1 heterocycles. The van der Waals surface area contributed by atoms with Gasteiger partial charge in [-0.05, 0) is 56.3 Å². The summed E-state index contributed by atoms with van der Waals surface area (Å²) in [6.07, 6.45) is 2.98. The van der Waals surface area contributed by atoms with E-state index in [2.05, 4.69) is 24.5 Å². The van der Waals surface area contributed by atoms with Gasteiger partial charge in [0.25, 0.3) is 0 Å². The third-order valence-corrected chi connectivity index (χ3v) is 3.84.